The minimum absolute atomic E-state index is 0.0474. The maximum absolute atomic E-state index is 12.3. The Morgan fingerprint density at radius 2 is 2.14 bits per heavy atom. The monoisotopic (exact) mass is 316 g/mol. The molecule has 0 unspecified atom stereocenters. The molecule has 1 atom stereocenters. The van der Waals surface area contributed by atoms with Gasteiger partial charge in [0.25, 0.3) is 11.2 Å². The lowest BCUT2D eigenvalue weighted by atomic mass is 10.1. The summed E-state index contributed by atoms with van der Waals surface area (Å²) in [5.74, 6) is 0. The number of rotatable bonds is 4. The number of aliphatic hydroxyl groups excluding tert-OH is 1. The summed E-state index contributed by atoms with van der Waals surface area (Å²) in [6, 6.07) is 9.37. The zero-order valence-corrected chi connectivity index (χ0v) is 12.2. The lowest BCUT2D eigenvalue weighted by molar-refractivity contribution is -0.385. The van der Waals surface area contributed by atoms with Crippen LogP contribution in [-0.4, -0.2) is 14.6 Å². The molecule has 0 saturated carbocycles. The molecule has 0 aliphatic heterocycles. The van der Waals surface area contributed by atoms with E-state index in [-0.39, 0.29) is 17.8 Å². The first-order valence-electron chi connectivity index (χ1n) is 6.55. The van der Waals surface area contributed by atoms with E-state index in [2.05, 4.69) is 0 Å². The van der Waals surface area contributed by atoms with Crippen molar-refractivity contribution in [3.63, 3.8) is 0 Å². The molecule has 0 spiro atoms. The number of nitrogens with zero attached hydrogens (tertiary/aromatic N) is 2. The Morgan fingerprint density at radius 1 is 1.32 bits per heavy atom. The average molecular weight is 316 g/mol. The Hall–Kier alpha value is -2.51. The van der Waals surface area contributed by atoms with Crippen molar-refractivity contribution < 1.29 is 10.0 Å². The van der Waals surface area contributed by atoms with Crippen molar-refractivity contribution in [2.75, 3.05) is 0 Å². The van der Waals surface area contributed by atoms with E-state index in [0.29, 0.717) is 10.9 Å². The van der Waals surface area contributed by atoms with Crippen molar-refractivity contribution in [2.24, 2.45) is 0 Å². The van der Waals surface area contributed by atoms with Crippen molar-refractivity contribution in [1.82, 2.24) is 4.57 Å². The second-order valence-corrected chi connectivity index (χ2v) is 5.79. The van der Waals surface area contributed by atoms with Crippen molar-refractivity contribution >= 4 is 27.1 Å². The average Bonchev–Trinajstić information content (AvgIpc) is 2.99. The van der Waals surface area contributed by atoms with Gasteiger partial charge in [0.1, 0.15) is 0 Å². The molecule has 0 saturated heterocycles. The first kappa shape index (κ1) is 14.4. The number of fused-ring (bicyclic) bond motifs is 1. The maximum Gasteiger partial charge on any atom is 0.269 e. The highest BCUT2D eigenvalue weighted by Gasteiger charge is 2.14. The number of aromatic nitrogens is 1. The number of thiophene rings is 1. The zero-order chi connectivity index (χ0) is 15.7. The summed E-state index contributed by atoms with van der Waals surface area (Å²) in [6.07, 6.45) is 0.635. The van der Waals surface area contributed by atoms with Crippen LogP contribution < -0.4 is 5.56 Å². The number of pyridine rings is 1. The van der Waals surface area contributed by atoms with E-state index in [4.69, 9.17) is 0 Å². The van der Waals surface area contributed by atoms with E-state index in [1.165, 1.54) is 34.1 Å². The fraction of sp³-hybridized carbons (Fsp3) is 0.133. The van der Waals surface area contributed by atoms with Crippen LogP contribution in [0.25, 0.3) is 10.1 Å². The molecule has 0 radical (unpaired) electrons. The summed E-state index contributed by atoms with van der Waals surface area (Å²) in [5, 5.41) is 23.5. The highest BCUT2D eigenvalue weighted by molar-refractivity contribution is 7.17. The summed E-state index contributed by atoms with van der Waals surface area (Å²) in [7, 11) is 0. The standard InChI is InChI=1S/C15H12N2O4S/c18-13(10-2-1-3-11(8-10)17(20)21)9-16-6-4-14-12(15(16)19)5-7-22-14/h1-8,13,18H,9H2/t13-/m0/s1. The second kappa shape index (κ2) is 5.70. The molecule has 6 nitrogen and oxygen atoms in total. The number of nitro groups is 1. The Bertz CT molecular complexity index is 900. The van der Waals surface area contributed by atoms with Crippen LogP contribution in [0.1, 0.15) is 11.7 Å². The van der Waals surface area contributed by atoms with Gasteiger partial charge in [0, 0.05) is 23.0 Å². The van der Waals surface area contributed by atoms with Gasteiger partial charge >= 0.3 is 0 Å². The van der Waals surface area contributed by atoms with E-state index < -0.39 is 11.0 Å². The molecule has 7 heteroatoms. The topological polar surface area (TPSA) is 85.4 Å². The predicted molar refractivity (Wildman–Crippen MR) is 84.1 cm³/mol. The molecule has 0 fully saturated rings. The van der Waals surface area contributed by atoms with Crippen LogP contribution in [0.5, 0.6) is 0 Å². The van der Waals surface area contributed by atoms with Gasteiger partial charge in [-0.1, -0.05) is 12.1 Å². The molecule has 0 aliphatic rings. The molecule has 2 heterocycles. The molecule has 3 rings (SSSR count). The van der Waals surface area contributed by atoms with Gasteiger partial charge < -0.3 is 9.67 Å². The summed E-state index contributed by atoms with van der Waals surface area (Å²) >= 11 is 1.48. The van der Waals surface area contributed by atoms with Crippen molar-refractivity contribution in [1.29, 1.82) is 0 Å². The number of aliphatic hydroxyl groups is 1. The van der Waals surface area contributed by atoms with E-state index in [0.717, 1.165) is 4.70 Å². The molecule has 112 valence electrons. The largest absolute Gasteiger partial charge is 0.387 e. The van der Waals surface area contributed by atoms with Gasteiger partial charge in [0.05, 0.1) is 23.0 Å². The first-order valence-corrected chi connectivity index (χ1v) is 7.43. The first-order chi connectivity index (χ1) is 10.6. The third-order valence-electron chi connectivity index (χ3n) is 3.43. The van der Waals surface area contributed by atoms with E-state index in [1.54, 1.807) is 18.3 Å². The predicted octanol–water partition coefficient (Wildman–Crippen LogP) is 2.70. The molecule has 22 heavy (non-hydrogen) atoms. The van der Waals surface area contributed by atoms with E-state index in [1.807, 2.05) is 11.4 Å². The fourth-order valence-corrected chi connectivity index (χ4v) is 3.06. The molecule has 1 aromatic carbocycles. The fourth-order valence-electron chi connectivity index (χ4n) is 2.29. The maximum atomic E-state index is 12.3. The van der Waals surface area contributed by atoms with Gasteiger partial charge in [-0.3, -0.25) is 14.9 Å². The molecule has 3 aromatic rings. The number of hydrogen-bond donors (Lipinski definition) is 1. The number of hydrogen-bond acceptors (Lipinski definition) is 5. The molecular formula is C15H12N2O4S. The Labute approximate surface area is 129 Å². The summed E-state index contributed by atoms with van der Waals surface area (Å²) in [5.41, 5.74) is 0.145. The summed E-state index contributed by atoms with van der Waals surface area (Å²) in [6.45, 7) is 0.0474. The summed E-state index contributed by atoms with van der Waals surface area (Å²) in [4.78, 5) is 22.5. The molecule has 0 amide bonds. The minimum Gasteiger partial charge on any atom is -0.387 e. The lowest BCUT2D eigenvalue weighted by Crippen LogP contribution is -2.22. The van der Waals surface area contributed by atoms with Gasteiger partial charge in [0.15, 0.2) is 0 Å². The Balaban J connectivity index is 1.91. The van der Waals surface area contributed by atoms with Crippen LogP contribution >= 0.6 is 11.3 Å². The van der Waals surface area contributed by atoms with Crippen molar-refractivity contribution in [2.45, 2.75) is 12.6 Å². The number of nitro benzene ring substituents is 1. The van der Waals surface area contributed by atoms with Crippen molar-refractivity contribution in [3.05, 3.63) is 74.0 Å². The van der Waals surface area contributed by atoms with Gasteiger partial charge in [-0.25, -0.2) is 0 Å². The number of benzene rings is 1. The van der Waals surface area contributed by atoms with Crippen LogP contribution in [0.2, 0.25) is 0 Å². The molecule has 0 bridgehead atoms. The van der Waals surface area contributed by atoms with E-state index >= 15 is 0 Å². The number of non-ortho nitro benzene ring substituents is 1. The third-order valence-corrected chi connectivity index (χ3v) is 4.31. The highest BCUT2D eigenvalue weighted by Crippen LogP contribution is 2.21. The van der Waals surface area contributed by atoms with Crippen LogP contribution in [0.3, 0.4) is 0 Å². The normalized spacial score (nSPS) is 12.4. The molecule has 1 N–H and O–H groups in total. The van der Waals surface area contributed by atoms with Crippen LogP contribution in [0.15, 0.2) is 52.8 Å². The van der Waals surface area contributed by atoms with Gasteiger partial charge in [-0.15, -0.1) is 11.3 Å². The van der Waals surface area contributed by atoms with Crippen molar-refractivity contribution in [3.8, 4) is 0 Å². The van der Waals surface area contributed by atoms with Gasteiger partial charge in [0.2, 0.25) is 0 Å². The smallest absolute Gasteiger partial charge is 0.269 e. The SMILES string of the molecule is O=c1c2ccsc2ccn1C[C@H](O)c1cccc([N+](=O)[O-])c1. The zero-order valence-electron chi connectivity index (χ0n) is 11.4. The van der Waals surface area contributed by atoms with Crippen LogP contribution in [0.4, 0.5) is 5.69 Å². The third kappa shape index (κ3) is 2.63. The van der Waals surface area contributed by atoms with Gasteiger partial charge in [-0.2, -0.15) is 0 Å². The van der Waals surface area contributed by atoms with E-state index in [9.17, 15) is 20.0 Å². The Morgan fingerprint density at radius 3 is 2.91 bits per heavy atom. The van der Waals surface area contributed by atoms with Gasteiger partial charge in [-0.05, 0) is 23.1 Å². The minimum atomic E-state index is -0.992. The molecular weight excluding hydrogens is 304 g/mol. The van der Waals surface area contributed by atoms with Crippen LogP contribution in [0, 0.1) is 10.1 Å². The second-order valence-electron chi connectivity index (χ2n) is 4.84. The quantitative estimate of drug-likeness (QED) is 0.592. The Kier molecular flexibility index (Phi) is 3.74. The molecule has 0 aliphatic carbocycles. The lowest BCUT2D eigenvalue weighted by Gasteiger charge is -2.13. The highest BCUT2D eigenvalue weighted by atomic mass is 32.1. The van der Waals surface area contributed by atoms with Crippen LogP contribution in [-0.2, 0) is 6.54 Å². The molecule has 2 aromatic heterocycles. The summed E-state index contributed by atoms with van der Waals surface area (Å²) < 4.78 is 2.31.